The summed E-state index contributed by atoms with van der Waals surface area (Å²) in [6.07, 6.45) is 1.11. The van der Waals surface area contributed by atoms with Gasteiger partial charge in [-0.05, 0) is 19.5 Å². The molecule has 1 N–H and O–H groups in total. The van der Waals surface area contributed by atoms with Crippen molar-refractivity contribution < 1.29 is 5.11 Å². The van der Waals surface area contributed by atoms with Crippen molar-refractivity contribution in [3.05, 3.63) is 0 Å². The zero-order valence-corrected chi connectivity index (χ0v) is 7.93. The van der Waals surface area contributed by atoms with E-state index in [2.05, 4.69) is 24.5 Å². The van der Waals surface area contributed by atoms with Crippen molar-refractivity contribution in [1.82, 2.24) is 4.90 Å². The summed E-state index contributed by atoms with van der Waals surface area (Å²) in [5, 5.41) is 9.40. The predicted molar refractivity (Wildman–Crippen MR) is 50.1 cm³/mol. The molecular formula is C8H17NOS. The highest BCUT2D eigenvalue weighted by Gasteiger charge is 2.24. The van der Waals surface area contributed by atoms with Crippen LogP contribution in [-0.2, 0) is 0 Å². The molecule has 0 amide bonds. The summed E-state index contributed by atoms with van der Waals surface area (Å²) in [6.45, 7) is 5.69. The lowest BCUT2D eigenvalue weighted by atomic mass is 9.98. The van der Waals surface area contributed by atoms with Gasteiger partial charge in [-0.1, -0.05) is 6.92 Å². The third kappa shape index (κ3) is 2.36. The molecule has 0 aromatic rings. The molecule has 0 spiro atoms. The first kappa shape index (κ1) is 9.36. The van der Waals surface area contributed by atoms with Gasteiger partial charge in [-0.25, -0.2) is 0 Å². The van der Waals surface area contributed by atoms with Crippen molar-refractivity contribution in [1.29, 1.82) is 0 Å². The number of piperidine rings is 1. The van der Waals surface area contributed by atoms with Gasteiger partial charge < -0.3 is 10.0 Å². The Morgan fingerprint density at radius 1 is 1.64 bits per heavy atom. The first-order chi connectivity index (χ1) is 5.27. The Kier molecular flexibility index (Phi) is 3.69. The zero-order chi connectivity index (χ0) is 8.27. The molecule has 1 fully saturated rings. The van der Waals surface area contributed by atoms with Gasteiger partial charge in [0.2, 0.25) is 0 Å². The maximum Gasteiger partial charge on any atom is 0.0482 e. The fourth-order valence-corrected chi connectivity index (χ4v) is 1.87. The molecule has 0 aromatic carbocycles. The van der Waals surface area contributed by atoms with Crippen molar-refractivity contribution in [3.8, 4) is 0 Å². The highest BCUT2D eigenvalue weighted by molar-refractivity contribution is 7.81. The highest BCUT2D eigenvalue weighted by Crippen LogP contribution is 2.20. The molecule has 1 heterocycles. The average Bonchev–Trinajstić information content (AvgIpc) is 2.05. The van der Waals surface area contributed by atoms with E-state index in [0.717, 1.165) is 26.1 Å². The Balaban J connectivity index is 2.37. The van der Waals surface area contributed by atoms with Gasteiger partial charge in [0.1, 0.15) is 0 Å². The van der Waals surface area contributed by atoms with Crippen molar-refractivity contribution >= 4 is 12.6 Å². The Labute approximate surface area is 74.0 Å². The normalized spacial score (nSPS) is 34.1. The number of likely N-dealkylation sites (tertiary alicyclic amines) is 1. The molecule has 0 aromatic heterocycles. The fraction of sp³-hybridized carbons (Fsp3) is 1.00. The molecule has 2 atom stereocenters. The Morgan fingerprint density at radius 2 is 2.36 bits per heavy atom. The van der Waals surface area contributed by atoms with Gasteiger partial charge in [0.05, 0.1) is 0 Å². The van der Waals surface area contributed by atoms with Gasteiger partial charge in [0.15, 0.2) is 0 Å². The predicted octanol–water partition coefficient (Wildman–Crippen LogP) is 0.619. The minimum Gasteiger partial charge on any atom is -0.396 e. The molecule has 0 radical (unpaired) electrons. The van der Waals surface area contributed by atoms with Crippen LogP contribution in [0.3, 0.4) is 0 Å². The maximum atomic E-state index is 9.00. The SMILES string of the molecule is CCN1CCC(S)C(CO)C1. The lowest BCUT2D eigenvalue weighted by Crippen LogP contribution is -2.42. The second kappa shape index (κ2) is 4.33. The molecule has 66 valence electrons. The van der Waals surface area contributed by atoms with E-state index in [9.17, 15) is 0 Å². The topological polar surface area (TPSA) is 23.5 Å². The molecule has 0 bridgehead atoms. The van der Waals surface area contributed by atoms with Crippen molar-refractivity contribution in [2.24, 2.45) is 5.92 Å². The van der Waals surface area contributed by atoms with Gasteiger partial charge in [0.25, 0.3) is 0 Å². The van der Waals surface area contributed by atoms with Crippen LogP contribution in [0, 0.1) is 5.92 Å². The Hall–Kier alpha value is 0.270. The number of aliphatic hydroxyl groups excluding tert-OH is 1. The number of hydrogen-bond acceptors (Lipinski definition) is 3. The lowest BCUT2D eigenvalue weighted by molar-refractivity contribution is 0.130. The van der Waals surface area contributed by atoms with E-state index in [1.165, 1.54) is 0 Å². The van der Waals surface area contributed by atoms with E-state index in [1.54, 1.807) is 0 Å². The average molecular weight is 175 g/mol. The van der Waals surface area contributed by atoms with Crippen LogP contribution in [-0.4, -0.2) is 41.5 Å². The van der Waals surface area contributed by atoms with Crippen LogP contribution in [0.4, 0.5) is 0 Å². The third-order valence-electron chi connectivity index (χ3n) is 2.46. The highest BCUT2D eigenvalue weighted by atomic mass is 32.1. The van der Waals surface area contributed by atoms with Crippen LogP contribution >= 0.6 is 12.6 Å². The van der Waals surface area contributed by atoms with Crippen LogP contribution in [0.2, 0.25) is 0 Å². The standard InChI is InChI=1S/C8H17NOS/c1-2-9-4-3-8(11)7(5-9)6-10/h7-8,10-11H,2-6H2,1H3. The summed E-state index contributed by atoms with van der Waals surface area (Å²) in [5.74, 6) is 0.382. The van der Waals surface area contributed by atoms with Crippen LogP contribution in [0.5, 0.6) is 0 Å². The van der Waals surface area contributed by atoms with Gasteiger partial charge in [0, 0.05) is 24.3 Å². The molecule has 1 rings (SSSR count). The first-order valence-electron chi connectivity index (χ1n) is 4.29. The summed E-state index contributed by atoms with van der Waals surface area (Å²) in [6, 6.07) is 0. The summed E-state index contributed by atoms with van der Waals surface area (Å²) in [4.78, 5) is 2.37. The summed E-state index contributed by atoms with van der Waals surface area (Å²) < 4.78 is 0. The molecule has 2 nitrogen and oxygen atoms in total. The zero-order valence-electron chi connectivity index (χ0n) is 7.03. The quantitative estimate of drug-likeness (QED) is 0.601. The van der Waals surface area contributed by atoms with Crippen molar-refractivity contribution in [2.45, 2.75) is 18.6 Å². The largest absolute Gasteiger partial charge is 0.396 e. The van der Waals surface area contributed by atoms with E-state index < -0.39 is 0 Å². The van der Waals surface area contributed by atoms with Crippen molar-refractivity contribution in [3.63, 3.8) is 0 Å². The molecule has 1 aliphatic rings. The number of rotatable bonds is 2. The molecule has 3 heteroatoms. The second-order valence-electron chi connectivity index (χ2n) is 3.19. The minimum absolute atomic E-state index is 0.282. The van der Waals surface area contributed by atoms with Gasteiger partial charge >= 0.3 is 0 Å². The van der Waals surface area contributed by atoms with Gasteiger partial charge in [-0.3, -0.25) is 0 Å². The summed E-state index contributed by atoms with van der Waals surface area (Å²) in [5.41, 5.74) is 0. The summed E-state index contributed by atoms with van der Waals surface area (Å²) >= 11 is 4.43. The van der Waals surface area contributed by atoms with Gasteiger partial charge in [-0.2, -0.15) is 12.6 Å². The molecule has 0 saturated carbocycles. The van der Waals surface area contributed by atoms with Crippen molar-refractivity contribution in [2.75, 3.05) is 26.2 Å². The number of aliphatic hydroxyl groups is 1. The molecule has 2 unspecified atom stereocenters. The van der Waals surface area contributed by atoms with Gasteiger partial charge in [-0.15, -0.1) is 0 Å². The van der Waals surface area contributed by atoms with E-state index >= 15 is 0 Å². The third-order valence-corrected chi connectivity index (χ3v) is 3.14. The maximum absolute atomic E-state index is 9.00. The molecular weight excluding hydrogens is 158 g/mol. The molecule has 0 aliphatic carbocycles. The first-order valence-corrected chi connectivity index (χ1v) is 4.80. The number of hydrogen-bond donors (Lipinski definition) is 2. The van der Waals surface area contributed by atoms with Crippen LogP contribution in [0.1, 0.15) is 13.3 Å². The van der Waals surface area contributed by atoms with E-state index in [-0.39, 0.29) is 6.61 Å². The van der Waals surface area contributed by atoms with Crippen LogP contribution in [0.15, 0.2) is 0 Å². The number of thiol groups is 1. The number of nitrogens with zero attached hydrogens (tertiary/aromatic N) is 1. The molecule has 1 saturated heterocycles. The van der Waals surface area contributed by atoms with E-state index in [0.29, 0.717) is 11.2 Å². The molecule has 1 aliphatic heterocycles. The molecule has 11 heavy (non-hydrogen) atoms. The monoisotopic (exact) mass is 175 g/mol. The second-order valence-corrected chi connectivity index (χ2v) is 3.86. The van der Waals surface area contributed by atoms with E-state index in [1.807, 2.05) is 0 Å². The fourth-order valence-electron chi connectivity index (χ4n) is 1.56. The van der Waals surface area contributed by atoms with Crippen LogP contribution < -0.4 is 0 Å². The van der Waals surface area contributed by atoms with Crippen LogP contribution in [0.25, 0.3) is 0 Å². The lowest BCUT2D eigenvalue weighted by Gasteiger charge is -2.34. The summed E-state index contributed by atoms with van der Waals surface area (Å²) in [7, 11) is 0. The van der Waals surface area contributed by atoms with E-state index in [4.69, 9.17) is 5.11 Å². The Bertz CT molecular complexity index is 121. The smallest absolute Gasteiger partial charge is 0.0482 e. The Morgan fingerprint density at radius 3 is 2.91 bits per heavy atom. The minimum atomic E-state index is 0.282.